The number of methoxy groups -OCH3 is 1. The van der Waals surface area contributed by atoms with Gasteiger partial charge in [0.2, 0.25) is 17.7 Å². The molecule has 3 N–H and O–H groups in total. The average Bonchev–Trinajstić information content (AvgIpc) is 3.51. The normalized spacial score (nSPS) is 30.6. The molecule has 2 bridgehead atoms. The van der Waals surface area contributed by atoms with Gasteiger partial charge in [-0.1, -0.05) is 46.3 Å². The van der Waals surface area contributed by atoms with Crippen LogP contribution < -0.4 is 15.4 Å². The third kappa shape index (κ3) is 4.32. The Balaban J connectivity index is 1.55. The number of nitrogens with zero attached hydrogens (tertiary/aromatic N) is 1. The summed E-state index contributed by atoms with van der Waals surface area (Å²) in [4.78, 5) is 42.8. The first-order valence-corrected chi connectivity index (χ1v) is 14.1. The van der Waals surface area contributed by atoms with Gasteiger partial charge in [-0.05, 0) is 42.7 Å². The van der Waals surface area contributed by atoms with E-state index in [0.29, 0.717) is 24.3 Å². The summed E-state index contributed by atoms with van der Waals surface area (Å²) in [5.74, 6) is -1.30. The van der Waals surface area contributed by atoms with Gasteiger partial charge in [0.25, 0.3) is 0 Å². The molecule has 196 valence electrons. The number of carbonyl (C=O) groups excluding carboxylic acids is 3. The van der Waals surface area contributed by atoms with Crippen molar-refractivity contribution < 1.29 is 24.2 Å². The Morgan fingerprint density at radius 2 is 1.89 bits per heavy atom. The van der Waals surface area contributed by atoms with Gasteiger partial charge in [-0.15, -0.1) is 11.8 Å². The van der Waals surface area contributed by atoms with Crippen LogP contribution in [-0.2, 0) is 20.8 Å². The molecule has 2 aromatic rings. The Hall–Kier alpha value is -2.56. The SMILES string of the molecule is CNC(=O)[C@H]1[C@@H]2SC3(CC2Br)C(C(=O)Nc2ccc(OC)cc2)N([C@@H](CO)Cc2ccccc2)C(=O)[C@H]13. The molecule has 0 aromatic heterocycles. The van der Waals surface area contributed by atoms with Crippen LogP contribution in [0.15, 0.2) is 54.6 Å². The quantitative estimate of drug-likeness (QED) is 0.409. The summed E-state index contributed by atoms with van der Waals surface area (Å²) >= 11 is 5.32. The van der Waals surface area contributed by atoms with E-state index in [1.807, 2.05) is 30.3 Å². The van der Waals surface area contributed by atoms with Crippen LogP contribution in [0.4, 0.5) is 5.69 Å². The van der Waals surface area contributed by atoms with E-state index in [9.17, 15) is 19.5 Å². The van der Waals surface area contributed by atoms with Crippen LogP contribution in [-0.4, -0.2) is 75.4 Å². The Morgan fingerprint density at radius 3 is 2.51 bits per heavy atom. The van der Waals surface area contributed by atoms with Gasteiger partial charge in [0, 0.05) is 22.8 Å². The molecular weight excluding hydrogens is 558 g/mol. The molecule has 8 nitrogen and oxygen atoms in total. The summed E-state index contributed by atoms with van der Waals surface area (Å²) in [5, 5.41) is 16.1. The molecule has 37 heavy (non-hydrogen) atoms. The maximum absolute atomic E-state index is 14.2. The topological polar surface area (TPSA) is 108 Å². The average molecular weight is 589 g/mol. The first-order valence-electron chi connectivity index (χ1n) is 12.3. The van der Waals surface area contributed by atoms with Crippen LogP contribution in [0.2, 0.25) is 0 Å². The fourth-order valence-corrected chi connectivity index (χ4v) is 9.85. The number of rotatable bonds is 8. The number of carbonyl (C=O) groups is 3. The maximum atomic E-state index is 14.2. The van der Waals surface area contributed by atoms with Crippen LogP contribution in [0, 0.1) is 11.8 Å². The summed E-state index contributed by atoms with van der Waals surface area (Å²) in [6.45, 7) is -0.299. The molecule has 3 aliphatic heterocycles. The number of ether oxygens (including phenoxy) is 1. The molecule has 3 saturated heterocycles. The molecule has 1 spiro atoms. The predicted octanol–water partition coefficient (Wildman–Crippen LogP) is 2.45. The number of aliphatic hydroxyl groups excluding tert-OH is 1. The van der Waals surface area contributed by atoms with Crippen molar-refractivity contribution >= 4 is 51.1 Å². The Morgan fingerprint density at radius 1 is 1.19 bits per heavy atom. The van der Waals surface area contributed by atoms with Gasteiger partial charge in [0.15, 0.2) is 0 Å². The van der Waals surface area contributed by atoms with Crippen molar-refractivity contribution in [1.82, 2.24) is 10.2 Å². The summed E-state index contributed by atoms with van der Waals surface area (Å²) < 4.78 is 4.44. The number of halogens is 1. The third-order valence-electron chi connectivity index (χ3n) is 7.80. The molecule has 0 saturated carbocycles. The van der Waals surface area contributed by atoms with E-state index in [-0.39, 0.29) is 34.4 Å². The van der Waals surface area contributed by atoms with Crippen LogP contribution in [0.1, 0.15) is 12.0 Å². The standard InChI is InChI=1S/C27H30BrN3O5S/c1-29-24(33)20-21-26(35)31(17(14-32)12-15-6-4-3-5-7-15)23(27(21)13-19(28)22(20)37-27)25(34)30-16-8-10-18(36-2)11-9-16/h3-11,17,19-23,32H,12-14H2,1-2H3,(H,29,33)(H,30,34)/t17-,19?,20-,21+,22-,23?,27?/m1/s1. The number of nitrogens with one attached hydrogen (secondary N) is 2. The zero-order chi connectivity index (χ0) is 26.3. The lowest BCUT2D eigenvalue weighted by Gasteiger charge is -2.37. The molecule has 2 aromatic carbocycles. The molecule has 3 fully saturated rings. The number of likely N-dealkylation sites (tertiary alicyclic amines) is 1. The van der Waals surface area contributed by atoms with Crippen molar-refractivity contribution in [2.75, 3.05) is 26.1 Å². The molecule has 3 aliphatic rings. The predicted molar refractivity (Wildman–Crippen MR) is 146 cm³/mol. The molecule has 5 rings (SSSR count). The largest absolute Gasteiger partial charge is 0.497 e. The number of benzene rings is 2. The highest BCUT2D eigenvalue weighted by molar-refractivity contribution is 9.09. The van der Waals surface area contributed by atoms with E-state index < -0.39 is 28.7 Å². The smallest absolute Gasteiger partial charge is 0.248 e. The fraction of sp³-hybridized carbons (Fsp3) is 0.444. The first kappa shape index (κ1) is 26.1. The van der Waals surface area contributed by atoms with Gasteiger partial charge in [-0.2, -0.15) is 0 Å². The highest BCUT2D eigenvalue weighted by Gasteiger charge is 2.76. The van der Waals surface area contributed by atoms with Crippen molar-refractivity contribution in [1.29, 1.82) is 0 Å². The van der Waals surface area contributed by atoms with Gasteiger partial charge >= 0.3 is 0 Å². The van der Waals surface area contributed by atoms with Crippen molar-refractivity contribution in [2.45, 2.75) is 39.7 Å². The number of fused-ring (bicyclic) bond motifs is 1. The second-order valence-electron chi connectivity index (χ2n) is 9.77. The Bertz CT molecular complexity index is 1180. The van der Waals surface area contributed by atoms with Crippen molar-refractivity contribution in [2.24, 2.45) is 11.8 Å². The van der Waals surface area contributed by atoms with E-state index in [1.54, 1.807) is 55.1 Å². The van der Waals surface area contributed by atoms with Gasteiger partial charge < -0.3 is 25.4 Å². The van der Waals surface area contributed by atoms with Gasteiger partial charge in [0.05, 0.1) is 36.3 Å². The lowest BCUT2D eigenvalue weighted by molar-refractivity contribution is -0.141. The summed E-state index contributed by atoms with van der Waals surface area (Å²) in [6.07, 6.45) is 0.974. The Kier molecular flexibility index (Phi) is 7.26. The molecule has 0 aliphatic carbocycles. The van der Waals surface area contributed by atoms with Gasteiger partial charge in [-0.25, -0.2) is 0 Å². The zero-order valence-electron chi connectivity index (χ0n) is 20.6. The monoisotopic (exact) mass is 587 g/mol. The van der Waals surface area contributed by atoms with Crippen molar-refractivity contribution in [3.63, 3.8) is 0 Å². The number of thioether (sulfide) groups is 1. The maximum Gasteiger partial charge on any atom is 0.248 e. The molecule has 0 radical (unpaired) electrons. The molecule has 3 amide bonds. The van der Waals surface area contributed by atoms with E-state index in [4.69, 9.17) is 4.74 Å². The second-order valence-corrected chi connectivity index (χ2v) is 12.5. The minimum absolute atomic E-state index is 0.0122. The highest BCUT2D eigenvalue weighted by Crippen LogP contribution is 2.68. The minimum atomic E-state index is -0.849. The molecular formula is C27H30BrN3O5S. The first-order chi connectivity index (χ1) is 17.8. The summed E-state index contributed by atoms with van der Waals surface area (Å²) in [5.41, 5.74) is 1.54. The van der Waals surface area contributed by atoms with E-state index in [2.05, 4.69) is 26.6 Å². The van der Waals surface area contributed by atoms with Crippen molar-refractivity contribution in [3.8, 4) is 5.75 Å². The molecule has 10 heteroatoms. The number of aliphatic hydroxyl groups is 1. The number of anilines is 1. The zero-order valence-corrected chi connectivity index (χ0v) is 23.0. The van der Waals surface area contributed by atoms with Crippen LogP contribution >= 0.6 is 27.7 Å². The third-order valence-corrected chi connectivity index (χ3v) is 11.0. The number of amides is 3. The number of alkyl halides is 1. The lowest BCUT2D eigenvalue weighted by atomic mass is 9.70. The Labute approximate surface area is 228 Å². The van der Waals surface area contributed by atoms with Crippen LogP contribution in [0.3, 0.4) is 0 Å². The van der Waals surface area contributed by atoms with Gasteiger partial charge in [-0.3, -0.25) is 14.4 Å². The fourth-order valence-electron chi connectivity index (χ4n) is 6.25. The lowest BCUT2D eigenvalue weighted by Crippen LogP contribution is -2.55. The molecule has 3 unspecified atom stereocenters. The van der Waals surface area contributed by atoms with E-state index in [1.165, 1.54) is 0 Å². The number of hydrogen-bond acceptors (Lipinski definition) is 6. The number of hydrogen-bond donors (Lipinski definition) is 3. The second kappa shape index (κ2) is 10.3. The summed E-state index contributed by atoms with van der Waals surface area (Å²) in [7, 11) is 3.15. The van der Waals surface area contributed by atoms with E-state index in [0.717, 1.165) is 5.56 Å². The highest BCUT2D eigenvalue weighted by atomic mass is 79.9. The van der Waals surface area contributed by atoms with Crippen LogP contribution in [0.5, 0.6) is 5.75 Å². The minimum Gasteiger partial charge on any atom is -0.497 e. The summed E-state index contributed by atoms with van der Waals surface area (Å²) in [6, 6.07) is 15.2. The van der Waals surface area contributed by atoms with Crippen molar-refractivity contribution in [3.05, 3.63) is 60.2 Å². The van der Waals surface area contributed by atoms with Gasteiger partial charge in [0.1, 0.15) is 11.8 Å². The molecule has 3 heterocycles. The van der Waals surface area contributed by atoms with E-state index >= 15 is 0 Å². The molecule has 7 atom stereocenters. The van der Waals surface area contributed by atoms with Crippen LogP contribution in [0.25, 0.3) is 0 Å².